The summed E-state index contributed by atoms with van der Waals surface area (Å²) in [6, 6.07) is 0.515. The van der Waals surface area contributed by atoms with Gasteiger partial charge in [0.15, 0.2) is 0 Å². The first-order chi connectivity index (χ1) is 10.7. The average Bonchev–Trinajstić information content (AvgIpc) is 3.03. The Morgan fingerprint density at radius 1 is 1.36 bits per heavy atom. The molecule has 22 heavy (non-hydrogen) atoms. The summed E-state index contributed by atoms with van der Waals surface area (Å²) in [6.07, 6.45) is 4.56. The third-order valence-electron chi connectivity index (χ3n) is 4.00. The zero-order valence-corrected chi connectivity index (χ0v) is 14.0. The van der Waals surface area contributed by atoms with Crippen LogP contribution in [0.2, 0.25) is 0 Å². The molecule has 6 nitrogen and oxygen atoms in total. The maximum Gasteiger partial charge on any atom is 0.315 e. The Balaban J connectivity index is 1.49. The van der Waals surface area contributed by atoms with Gasteiger partial charge in [0.25, 0.3) is 0 Å². The van der Waals surface area contributed by atoms with E-state index in [2.05, 4.69) is 22.9 Å². The van der Waals surface area contributed by atoms with Gasteiger partial charge in [-0.2, -0.15) is 11.8 Å². The van der Waals surface area contributed by atoms with Gasteiger partial charge in [-0.25, -0.2) is 4.79 Å². The summed E-state index contributed by atoms with van der Waals surface area (Å²) in [5.41, 5.74) is 0. The summed E-state index contributed by atoms with van der Waals surface area (Å²) >= 11 is 1.92. The van der Waals surface area contributed by atoms with Crippen molar-refractivity contribution in [3.8, 4) is 0 Å². The lowest BCUT2D eigenvalue weighted by molar-refractivity contribution is -0.121. The Kier molecular flexibility index (Phi) is 7.32. The first-order valence-corrected chi connectivity index (χ1v) is 9.28. The second-order valence-electron chi connectivity index (χ2n) is 5.83. The Bertz CT molecular complexity index is 381. The largest absolute Gasteiger partial charge is 0.380 e. The van der Waals surface area contributed by atoms with Gasteiger partial charge in [-0.1, -0.05) is 13.3 Å². The minimum absolute atomic E-state index is 0.0371. The number of hydrogen-bond acceptors (Lipinski definition) is 4. The Labute approximate surface area is 136 Å². The van der Waals surface area contributed by atoms with Gasteiger partial charge in [0.1, 0.15) is 0 Å². The molecular weight excluding hydrogens is 302 g/mol. The van der Waals surface area contributed by atoms with Crippen LogP contribution in [0.3, 0.4) is 0 Å². The molecule has 3 amide bonds. The molecule has 2 aliphatic heterocycles. The van der Waals surface area contributed by atoms with Crippen molar-refractivity contribution in [3.63, 3.8) is 0 Å². The Morgan fingerprint density at radius 2 is 2.23 bits per heavy atom. The molecule has 0 aromatic rings. The third-order valence-corrected chi connectivity index (χ3v) is 5.51. The molecule has 0 radical (unpaired) electrons. The van der Waals surface area contributed by atoms with E-state index in [9.17, 15) is 9.59 Å². The molecule has 126 valence electrons. The van der Waals surface area contributed by atoms with Crippen LogP contribution in [0.15, 0.2) is 0 Å². The van der Waals surface area contributed by atoms with E-state index in [0.717, 1.165) is 38.0 Å². The number of ether oxygens (including phenoxy) is 1. The van der Waals surface area contributed by atoms with Crippen molar-refractivity contribution in [1.29, 1.82) is 0 Å². The van der Waals surface area contributed by atoms with Crippen molar-refractivity contribution in [3.05, 3.63) is 0 Å². The van der Waals surface area contributed by atoms with E-state index >= 15 is 0 Å². The predicted octanol–water partition coefficient (Wildman–Crippen LogP) is 1.26. The molecule has 0 aromatic heterocycles. The number of thioether (sulfide) groups is 1. The third kappa shape index (κ3) is 5.35. The van der Waals surface area contributed by atoms with Crippen LogP contribution in [0, 0.1) is 0 Å². The molecule has 0 spiro atoms. The maximum absolute atomic E-state index is 11.7. The standard InChI is InChI=1S/C15H27N3O3S/c1-2-8-21-9-7-16-13(19)6-4-3-5-12-14-11(10-22-12)17-15(20)18-14/h11-12,14H,2-10H2,1H3,(H,16,19)(H2,17,18,20)/t11-,12-,14-/m0/s1. The molecule has 2 aliphatic rings. The van der Waals surface area contributed by atoms with Gasteiger partial charge < -0.3 is 20.7 Å². The highest BCUT2D eigenvalue weighted by molar-refractivity contribution is 8.00. The number of fused-ring (bicyclic) bond motifs is 1. The van der Waals surface area contributed by atoms with Crippen molar-refractivity contribution >= 4 is 23.7 Å². The van der Waals surface area contributed by atoms with E-state index in [4.69, 9.17) is 4.74 Å². The molecule has 2 rings (SSSR count). The topological polar surface area (TPSA) is 79.5 Å². The van der Waals surface area contributed by atoms with Gasteiger partial charge in [-0.15, -0.1) is 0 Å². The second-order valence-corrected chi connectivity index (χ2v) is 7.10. The van der Waals surface area contributed by atoms with E-state index < -0.39 is 0 Å². The number of carbonyl (C=O) groups is 2. The van der Waals surface area contributed by atoms with Crippen molar-refractivity contribution in [1.82, 2.24) is 16.0 Å². The zero-order valence-electron chi connectivity index (χ0n) is 13.2. The van der Waals surface area contributed by atoms with Gasteiger partial charge in [0.05, 0.1) is 18.7 Å². The minimum atomic E-state index is -0.0371. The number of urea groups is 1. The van der Waals surface area contributed by atoms with Gasteiger partial charge in [-0.05, 0) is 19.3 Å². The molecule has 2 saturated heterocycles. The number of carbonyl (C=O) groups excluding carboxylic acids is 2. The number of hydrogen-bond donors (Lipinski definition) is 3. The number of rotatable bonds is 10. The van der Waals surface area contributed by atoms with Gasteiger partial charge in [0.2, 0.25) is 5.91 Å². The summed E-state index contributed by atoms with van der Waals surface area (Å²) in [4.78, 5) is 23.0. The highest BCUT2D eigenvalue weighted by Crippen LogP contribution is 2.33. The van der Waals surface area contributed by atoms with Gasteiger partial charge in [-0.3, -0.25) is 4.79 Å². The molecule has 2 fully saturated rings. The van der Waals surface area contributed by atoms with Crippen molar-refractivity contribution in [2.75, 3.05) is 25.5 Å². The fourth-order valence-corrected chi connectivity index (χ4v) is 4.42. The first kappa shape index (κ1) is 17.4. The highest BCUT2D eigenvalue weighted by Gasteiger charge is 2.42. The minimum Gasteiger partial charge on any atom is -0.380 e. The molecule has 0 aliphatic carbocycles. The highest BCUT2D eigenvalue weighted by atomic mass is 32.2. The SMILES string of the molecule is CCCOCCNC(=O)CCCC[C@@H]1SC[C@@H]2NC(=O)N[C@@H]21. The predicted molar refractivity (Wildman–Crippen MR) is 88.1 cm³/mol. The summed E-state index contributed by atoms with van der Waals surface area (Å²) in [7, 11) is 0. The van der Waals surface area contributed by atoms with Gasteiger partial charge >= 0.3 is 6.03 Å². The molecule has 0 unspecified atom stereocenters. The molecule has 2 heterocycles. The zero-order chi connectivity index (χ0) is 15.8. The number of nitrogens with one attached hydrogen (secondary N) is 3. The van der Waals surface area contributed by atoms with Crippen LogP contribution >= 0.6 is 11.8 Å². The number of unbranched alkanes of at least 4 members (excludes halogenated alkanes) is 1. The molecule has 3 N–H and O–H groups in total. The van der Waals surface area contributed by atoms with E-state index in [-0.39, 0.29) is 24.0 Å². The maximum atomic E-state index is 11.7. The van der Waals surface area contributed by atoms with Crippen LogP contribution in [0.4, 0.5) is 4.79 Å². The average molecular weight is 329 g/mol. The van der Waals surface area contributed by atoms with Crippen LogP contribution < -0.4 is 16.0 Å². The monoisotopic (exact) mass is 329 g/mol. The smallest absolute Gasteiger partial charge is 0.315 e. The number of amides is 3. The lowest BCUT2D eigenvalue weighted by Gasteiger charge is -2.16. The van der Waals surface area contributed by atoms with Crippen LogP contribution in [-0.2, 0) is 9.53 Å². The van der Waals surface area contributed by atoms with Crippen LogP contribution in [0.5, 0.6) is 0 Å². The summed E-state index contributed by atoms with van der Waals surface area (Å²) in [5.74, 6) is 1.10. The van der Waals surface area contributed by atoms with E-state index in [1.807, 2.05) is 11.8 Å². The van der Waals surface area contributed by atoms with Crippen LogP contribution in [0.1, 0.15) is 39.0 Å². The van der Waals surface area contributed by atoms with Gasteiger partial charge in [0, 0.05) is 30.6 Å². The summed E-state index contributed by atoms with van der Waals surface area (Å²) in [6.45, 7) is 4.01. The molecule has 0 saturated carbocycles. The Hall–Kier alpha value is -0.950. The summed E-state index contributed by atoms with van der Waals surface area (Å²) in [5, 5.41) is 9.30. The van der Waals surface area contributed by atoms with E-state index in [1.54, 1.807) is 0 Å². The molecular formula is C15H27N3O3S. The first-order valence-electron chi connectivity index (χ1n) is 8.23. The van der Waals surface area contributed by atoms with Crippen molar-refractivity contribution in [2.45, 2.75) is 56.4 Å². The van der Waals surface area contributed by atoms with E-state index in [0.29, 0.717) is 24.8 Å². The molecule has 7 heteroatoms. The van der Waals surface area contributed by atoms with Crippen molar-refractivity contribution in [2.24, 2.45) is 0 Å². The normalized spacial score (nSPS) is 26.4. The Morgan fingerprint density at radius 3 is 3.05 bits per heavy atom. The lowest BCUT2D eigenvalue weighted by atomic mass is 10.0. The van der Waals surface area contributed by atoms with Crippen LogP contribution in [0.25, 0.3) is 0 Å². The molecule has 3 atom stereocenters. The quantitative estimate of drug-likeness (QED) is 0.416. The fraction of sp³-hybridized carbons (Fsp3) is 0.867. The molecule has 0 aromatic carbocycles. The second kappa shape index (κ2) is 9.25. The summed E-state index contributed by atoms with van der Waals surface area (Å²) < 4.78 is 5.32. The van der Waals surface area contributed by atoms with Crippen molar-refractivity contribution < 1.29 is 14.3 Å². The van der Waals surface area contributed by atoms with Crippen LogP contribution in [-0.4, -0.2) is 54.8 Å². The molecule has 0 bridgehead atoms. The fourth-order valence-electron chi connectivity index (χ4n) is 2.87. The van der Waals surface area contributed by atoms with E-state index in [1.165, 1.54) is 0 Å². The lowest BCUT2D eigenvalue weighted by Crippen LogP contribution is -2.36.